The average molecular weight is 274 g/mol. The fraction of sp³-hybridized carbons (Fsp3) is 0.688. The van der Waals surface area contributed by atoms with Crippen LogP contribution in [0, 0.1) is 6.92 Å². The Morgan fingerprint density at radius 3 is 2.45 bits per heavy atom. The van der Waals surface area contributed by atoms with E-state index in [4.69, 9.17) is 5.73 Å². The van der Waals surface area contributed by atoms with Crippen molar-refractivity contribution in [1.82, 2.24) is 9.88 Å². The van der Waals surface area contributed by atoms with Gasteiger partial charge in [-0.2, -0.15) is 0 Å². The fourth-order valence-corrected chi connectivity index (χ4v) is 3.47. The van der Waals surface area contributed by atoms with Crippen LogP contribution >= 0.6 is 0 Å². The first-order valence-corrected chi connectivity index (χ1v) is 7.95. The first-order valence-electron chi connectivity index (χ1n) is 7.95. The van der Waals surface area contributed by atoms with Crippen LogP contribution in [0.5, 0.6) is 0 Å². The van der Waals surface area contributed by atoms with E-state index >= 15 is 0 Å². The minimum absolute atomic E-state index is 0.789. The van der Waals surface area contributed by atoms with Gasteiger partial charge >= 0.3 is 0 Å². The van der Waals surface area contributed by atoms with Crippen LogP contribution in [0.15, 0.2) is 12.3 Å². The van der Waals surface area contributed by atoms with Crippen molar-refractivity contribution >= 4 is 11.5 Å². The Morgan fingerprint density at radius 1 is 1.10 bits per heavy atom. The maximum Gasteiger partial charge on any atom is 0.128 e. The molecule has 0 bridgehead atoms. The van der Waals surface area contributed by atoms with E-state index in [9.17, 15) is 0 Å². The van der Waals surface area contributed by atoms with Crippen LogP contribution in [0.2, 0.25) is 0 Å². The van der Waals surface area contributed by atoms with Crippen molar-refractivity contribution in [2.75, 3.05) is 36.8 Å². The van der Waals surface area contributed by atoms with Crippen LogP contribution in [-0.4, -0.2) is 42.1 Å². The lowest BCUT2D eigenvalue weighted by Crippen LogP contribution is -2.46. The summed E-state index contributed by atoms with van der Waals surface area (Å²) in [5.74, 6) is 1.09. The van der Waals surface area contributed by atoms with E-state index in [1.165, 1.54) is 45.2 Å². The molecule has 2 aliphatic heterocycles. The molecule has 4 heteroatoms. The molecule has 0 radical (unpaired) electrons. The molecule has 0 amide bonds. The molecule has 4 nitrogen and oxygen atoms in total. The Labute approximate surface area is 122 Å². The highest BCUT2D eigenvalue weighted by molar-refractivity contribution is 5.52. The lowest BCUT2D eigenvalue weighted by Gasteiger charge is -2.40. The molecule has 0 aromatic carbocycles. The fourth-order valence-electron chi connectivity index (χ4n) is 3.47. The monoisotopic (exact) mass is 274 g/mol. The molecule has 2 N–H and O–H groups in total. The van der Waals surface area contributed by atoms with Gasteiger partial charge in [-0.05, 0) is 57.3 Å². The van der Waals surface area contributed by atoms with Crippen LogP contribution in [-0.2, 0) is 0 Å². The predicted molar refractivity (Wildman–Crippen MR) is 84.0 cm³/mol. The molecular formula is C16H26N4. The molecule has 1 aromatic heterocycles. The Bertz CT molecular complexity index is 446. The summed E-state index contributed by atoms with van der Waals surface area (Å²) in [6.07, 6.45) is 8.53. The largest absolute Gasteiger partial charge is 0.397 e. The van der Waals surface area contributed by atoms with Crippen LogP contribution < -0.4 is 10.6 Å². The highest BCUT2D eigenvalue weighted by Gasteiger charge is 2.26. The summed E-state index contributed by atoms with van der Waals surface area (Å²) >= 11 is 0. The lowest BCUT2D eigenvalue weighted by atomic mass is 10.00. The number of pyridine rings is 1. The van der Waals surface area contributed by atoms with Crippen molar-refractivity contribution in [1.29, 1.82) is 0 Å². The maximum absolute atomic E-state index is 5.85. The van der Waals surface area contributed by atoms with Gasteiger partial charge in [0.15, 0.2) is 0 Å². The van der Waals surface area contributed by atoms with Crippen molar-refractivity contribution in [3.05, 3.63) is 17.8 Å². The van der Waals surface area contributed by atoms with Gasteiger partial charge in [0.05, 0.1) is 11.9 Å². The zero-order valence-corrected chi connectivity index (χ0v) is 12.5. The number of aryl methyl sites for hydroxylation is 1. The van der Waals surface area contributed by atoms with Gasteiger partial charge in [-0.15, -0.1) is 0 Å². The smallest absolute Gasteiger partial charge is 0.128 e. The van der Waals surface area contributed by atoms with Crippen LogP contribution in [0.3, 0.4) is 0 Å². The van der Waals surface area contributed by atoms with Gasteiger partial charge in [0.1, 0.15) is 5.82 Å². The topological polar surface area (TPSA) is 45.4 Å². The van der Waals surface area contributed by atoms with Crippen LogP contribution in [0.25, 0.3) is 0 Å². The van der Waals surface area contributed by atoms with E-state index in [1.807, 2.05) is 0 Å². The number of hydrogen-bond donors (Lipinski definition) is 1. The Balaban J connectivity index is 1.58. The van der Waals surface area contributed by atoms with E-state index in [0.717, 1.165) is 36.2 Å². The number of nitrogen functional groups attached to an aromatic ring is 1. The minimum atomic E-state index is 0.789. The average Bonchev–Trinajstić information content (AvgIpc) is 2.51. The zero-order chi connectivity index (χ0) is 13.9. The van der Waals surface area contributed by atoms with Crippen LogP contribution in [0.1, 0.15) is 37.7 Å². The summed E-state index contributed by atoms with van der Waals surface area (Å²) in [5.41, 5.74) is 7.77. The third-order valence-corrected chi connectivity index (χ3v) is 4.83. The number of nitrogens with two attached hydrogens (primary N) is 1. The lowest BCUT2D eigenvalue weighted by molar-refractivity contribution is 0.141. The summed E-state index contributed by atoms with van der Waals surface area (Å²) in [6.45, 7) is 6.92. The molecule has 2 saturated heterocycles. The van der Waals surface area contributed by atoms with Gasteiger partial charge in [-0.25, -0.2) is 4.98 Å². The predicted octanol–water partition coefficient (Wildman–Crippen LogP) is 2.43. The Kier molecular flexibility index (Phi) is 4.10. The second-order valence-corrected chi connectivity index (χ2v) is 6.21. The van der Waals surface area contributed by atoms with Gasteiger partial charge in [0.25, 0.3) is 0 Å². The third kappa shape index (κ3) is 2.90. The van der Waals surface area contributed by atoms with Gasteiger partial charge < -0.3 is 15.5 Å². The van der Waals surface area contributed by atoms with Crippen molar-refractivity contribution < 1.29 is 0 Å². The summed E-state index contributed by atoms with van der Waals surface area (Å²) < 4.78 is 0. The number of rotatable bonds is 2. The molecule has 2 fully saturated rings. The Morgan fingerprint density at radius 2 is 1.80 bits per heavy atom. The van der Waals surface area contributed by atoms with Gasteiger partial charge in [0.2, 0.25) is 0 Å². The van der Waals surface area contributed by atoms with Crippen molar-refractivity contribution in [2.24, 2.45) is 0 Å². The molecule has 0 atom stereocenters. The molecule has 20 heavy (non-hydrogen) atoms. The highest BCUT2D eigenvalue weighted by Crippen LogP contribution is 2.25. The summed E-state index contributed by atoms with van der Waals surface area (Å²) in [4.78, 5) is 9.61. The minimum Gasteiger partial charge on any atom is -0.397 e. The molecular weight excluding hydrogens is 248 g/mol. The quantitative estimate of drug-likeness (QED) is 0.899. The van der Waals surface area contributed by atoms with E-state index < -0.39 is 0 Å². The molecule has 0 unspecified atom stereocenters. The molecule has 3 rings (SSSR count). The third-order valence-electron chi connectivity index (χ3n) is 4.83. The van der Waals surface area contributed by atoms with E-state index in [-0.39, 0.29) is 0 Å². The number of likely N-dealkylation sites (tertiary alicyclic amines) is 1. The molecule has 2 aliphatic rings. The number of aromatic nitrogens is 1. The number of piperidine rings is 2. The number of anilines is 2. The van der Waals surface area contributed by atoms with Gasteiger partial charge in [0, 0.05) is 19.1 Å². The molecule has 0 aliphatic carbocycles. The zero-order valence-electron chi connectivity index (χ0n) is 12.5. The summed E-state index contributed by atoms with van der Waals surface area (Å²) in [5, 5.41) is 0. The van der Waals surface area contributed by atoms with Crippen molar-refractivity contribution in [3.8, 4) is 0 Å². The van der Waals surface area contributed by atoms with Gasteiger partial charge in [-0.3, -0.25) is 0 Å². The van der Waals surface area contributed by atoms with Gasteiger partial charge in [-0.1, -0.05) is 6.42 Å². The highest BCUT2D eigenvalue weighted by atomic mass is 15.2. The molecule has 110 valence electrons. The second-order valence-electron chi connectivity index (χ2n) is 6.21. The summed E-state index contributed by atoms with van der Waals surface area (Å²) in [6, 6.07) is 2.91. The molecule has 3 heterocycles. The Hall–Kier alpha value is -1.29. The number of nitrogens with zero attached hydrogens (tertiary/aromatic N) is 3. The molecule has 0 saturated carbocycles. The van der Waals surface area contributed by atoms with Crippen molar-refractivity contribution in [3.63, 3.8) is 0 Å². The SMILES string of the molecule is Cc1cc(N2CCC(N3CCCCC3)CC2)ncc1N. The standard InChI is InChI=1S/C16H26N4/c1-13-11-16(18-12-15(13)17)20-9-5-14(6-10-20)19-7-3-2-4-8-19/h11-12,14H,2-10,17H2,1H3. The van der Waals surface area contributed by atoms with E-state index in [2.05, 4.69) is 27.8 Å². The second kappa shape index (κ2) is 6.00. The van der Waals surface area contributed by atoms with Crippen molar-refractivity contribution in [2.45, 2.75) is 45.1 Å². The molecule has 0 spiro atoms. The maximum atomic E-state index is 5.85. The first-order chi connectivity index (χ1) is 9.74. The summed E-state index contributed by atoms with van der Waals surface area (Å²) in [7, 11) is 0. The van der Waals surface area contributed by atoms with E-state index in [1.54, 1.807) is 6.20 Å². The number of hydrogen-bond acceptors (Lipinski definition) is 4. The first kappa shape index (κ1) is 13.7. The molecule has 1 aromatic rings. The van der Waals surface area contributed by atoms with Crippen LogP contribution in [0.4, 0.5) is 11.5 Å². The normalized spacial score (nSPS) is 22.1. The van der Waals surface area contributed by atoms with E-state index in [0.29, 0.717) is 0 Å².